The first-order valence-corrected chi connectivity index (χ1v) is 18.7. The van der Waals surface area contributed by atoms with Gasteiger partial charge >= 0.3 is 0 Å². The molecule has 0 amide bonds. The zero-order chi connectivity index (χ0) is 38.6. The summed E-state index contributed by atoms with van der Waals surface area (Å²) in [4.78, 5) is 0. The molecule has 6 rings (SSSR count). The highest BCUT2D eigenvalue weighted by atomic mass is 16.5. The molecule has 6 aromatic rings. The molecule has 56 heavy (non-hydrogen) atoms. The second kappa shape index (κ2) is 20.9. The molecule has 0 atom stereocenters. The molecule has 0 aliphatic rings. The van der Waals surface area contributed by atoms with Crippen molar-refractivity contribution < 1.29 is 18.9 Å². The van der Waals surface area contributed by atoms with E-state index in [9.17, 15) is 0 Å². The highest BCUT2D eigenvalue weighted by Crippen LogP contribution is 2.19. The Morgan fingerprint density at radius 2 is 0.625 bits per heavy atom. The van der Waals surface area contributed by atoms with Crippen LogP contribution in [0.3, 0.4) is 0 Å². The van der Waals surface area contributed by atoms with Crippen molar-refractivity contribution in [3.8, 4) is 70.4 Å². The number of para-hydroxylation sites is 2. The number of benzene rings is 6. The van der Waals surface area contributed by atoms with E-state index in [0.717, 1.165) is 93.2 Å². The van der Waals surface area contributed by atoms with Crippen LogP contribution in [-0.2, 0) is 0 Å². The van der Waals surface area contributed by atoms with Crippen molar-refractivity contribution in [2.75, 3.05) is 27.4 Å². The molecule has 0 saturated carbocycles. The molecule has 0 bridgehead atoms. The Morgan fingerprint density at radius 1 is 0.321 bits per heavy atom. The van der Waals surface area contributed by atoms with Crippen LogP contribution < -0.4 is 18.9 Å². The van der Waals surface area contributed by atoms with E-state index in [1.807, 2.05) is 146 Å². The smallest absolute Gasteiger partial charge is 0.134 e. The largest absolute Gasteiger partial charge is 0.495 e. The van der Waals surface area contributed by atoms with Crippen LogP contribution in [0, 0.1) is 47.4 Å². The van der Waals surface area contributed by atoms with Crippen molar-refractivity contribution in [2.24, 2.45) is 0 Å². The normalized spacial score (nSPS) is 9.82. The summed E-state index contributed by atoms with van der Waals surface area (Å²) in [5.41, 5.74) is 7.03. The summed E-state index contributed by atoms with van der Waals surface area (Å²) in [5, 5.41) is 0. The summed E-state index contributed by atoms with van der Waals surface area (Å²) in [6.45, 7) is 1.34. The van der Waals surface area contributed by atoms with Crippen LogP contribution in [0.25, 0.3) is 0 Å². The summed E-state index contributed by atoms with van der Waals surface area (Å²) in [5.74, 6) is 29.2. The molecule has 0 N–H and O–H groups in total. The van der Waals surface area contributed by atoms with E-state index in [-0.39, 0.29) is 0 Å². The van der Waals surface area contributed by atoms with Crippen LogP contribution in [0.1, 0.15) is 70.2 Å². The number of rotatable bonds is 11. The quantitative estimate of drug-likeness (QED) is 0.0983. The monoisotopic (exact) mass is 730 g/mol. The lowest BCUT2D eigenvalue weighted by molar-refractivity contribution is 0.287. The highest BCUT2D eigenvalue weighted by Gasteiger charge is 2.02. The van der Waals surface area contributed by atoms with E-state index in [1.54, 1.807) is 14.2 Å². The Balaban J connectivity index is 0.891. The summed E-state index contributed by atoms with van der Waals surface area (Å²) in [7, 11) is 3.30. The van der Waals surface area contributed by atoms with E-state index in [4.69, 9.17) is 18.9 Å². The van der Waals surface area contributed by atoms with Crippen molar-refractivity contribution in [3.63, 3.8) is 0 Å². The molecule has 0 saturated heterocycles. The van der Waals surface area contributed by atoms with Gasteiger partial charge in [-0.15, -0.1) is 0 Å². The highest BCUT2D eigenvalue weighted by molar-refractivity contribution is 5.58. The molecular weight excluding hydrogens is 689 g/mol. The molecule has 4 heteroatoms. The average molecular weight is 731 g/mol. The molecular formula is C52H42O4. The first kappa shape index (κ1) is 38.5. The zero-order valence-corrected chi connectivity index (χ0v) is 31.7. The number of hydrogen-bond acceptors (Lipinski definition) is 4. The minimum Gasteiger partial charge on any atom is -0.495 e. The van der Waals surface area contributed by atoms with E-state index in [0.29, 0.717) is 13.2 Å². The molecule has 0 aromatic heterocycles. The maximum Gasteiger partial charge on any atom is 0.134 e. The Morgan fingerprint density at radius 3 is 0.982 bits per heavy atom. The first-order valence-electron chi connectivity index (χ1n) is 18.7. The lowest BCUT2D eigenvalue weighted by Crippen LogP contribution is -2.00. The SMILES string of the molecule is COc1ccccc1C#Cc1ccccc1C#Cc1ccc(OCCCCCCOc2ccc(C#Cc3ccccc3C#Cc3ccccc3OC)cc2)cc1. The maximum absolute atomic E-state index is 5.99. The fourth-order valence-electron chi connectivity index (χ4n) is 5.65. The van der Waals surface area contributed by atoms with Gasteiger partial charge in [0.15, 0.2) is 0 Å². The Bertz CT molecular complexity index is 2290. The van der Waals surface area contributed by atoms with E-state index in [1.165, 1.54) is 0 Å². The van der Waals surface area contributed by atoms with Crippen molar-refractivity contribution >= 4 is 0 Å². The molecule has 0 heterocycles. The fourth-order valence-corrected chi connectivity index (χ4v) is 5.65. The van der Waals surface area contributed by atoms with E-state index >= 15 is 0 Å². The summed E-state index contributed by atoms with van der Waals surface area (Å²) in [6.07, 6.45) is 4.12. The number of ether oxygens (including phenoxy) is 4. The third kappa shape index (κ3) is 11.6. The number of unbranched alkanes of at least 4 members (excludes halogenated alkanes) is 3. The molecule has 0 spiro atoms. The van der Waals surface area contributed by atoms with Crippen LogP contribution in [0.2, 0.25) is 0 Å². The summed E-state index contributed by atoms with van der Waals surface area (Å²) in [6, 6.07) is 47.2. The van der Waals surface area contributed by atoms with Gasteiger partial charge in [-0.05, 0) is 123 Å². The number of hydrogen-bond donors (Lipinski definition) is 0. The van der Waals surface area contributed by atoms with Crippen molar-refractivity contribution in [3.05, 3.63) is 190 Å². The van der Waals surface area contributed by atoms with Crippen molar-refractivity contribution in [1.82, 2.24) is 0 Å². The second-order valence-electron chi connectivity index (χ2n) is 12.7. The predicted octanol–water partition coefficient (Wildman–Crippen LogP) is 10.3. The van der Waals surface area contributed by atoms with Gasteiger partial charge in [0.05, 0.1) is 38.6 Å². The predicted molar refractivity (Wildman–Crippen MR) is 225 cm³/mol. The van der Waals surface area contributed by atoms with Crippen molar-refractivity contribution in [1.29, 1.82) is 0 Å². The van der Waals surface area contributed by atoms with E-state index < -0.39 is 0 Å². The molecule has 0 unspecified atom stereocenters. The van der Waals surface area contributed by atoms with Crippen LogP contribution in [0.15, 0.2) is 146 Å². The Hall–Kier alpha value is -7.24. The minimum absolute atomic E-state index is 0.672. The molecule has 0 fully saturated rings. The third-order valence-electron chi connectivity index (χ3n) is 8.70. The topological polar surface area (TPSA) is 36.9 Å². The lowest BCUT2D eigenvalue weighted by Gasteiger charge is -2.07. The van der Waals surface area contributed by atoms with Crippen LogP contribution >= 0.6 is 0 Å². The Kier molecular flexibility index (Phi) is 14.3. The summed E-state index contributed by atoms with van der Waals surface area (Å²) < 4.78 is 22.8. The van der Waals surface area contributed by atoms with Gasteiger partial charge in [0.2, 0.25) is 0 Å². The van der Waals surface area contributed by atoms with Crippen LogP contribution in [0.4, 0.5) is 0 Å². The van der Waals surface area contributed by atoms with Crippen molar-refractivity contribution in [2.45, 2.75) is 25.7 Å². The maximum atomic E-state index is 5.99. The van der Waals surface area contributed by atoms with Crippen LogP contribution in [-0.4, -0.2) is 27.4 Å². The minimum atomic E-state index is 0.672. The third-order valence-corrected chi connectivity index (χ3v) is 8.70. The molecule has 0 radical (unpaired) electrons. The molecule has 6 aromatic carbocycles. The van der Waals surface area contributed by atoms with E-state index in [2.05, 4.69) is 47.4 Å². The fraction of sp³-hybridized carbons (Fsp3) is 0.154. The van der Waals surface area contributed by atoms with Gasteiger partial charge in [-0.2, -0.15) is 0 Å². The molecule has 274 valence electrons. The second-order valence-corrected chi connectivity index (χ2v) is 12.7. The first-order chi connectivity index (χ1) is 27.7. The zero-order valence-electron chi connectivity index (χ0n) is 31.7. The van der Waals surface area contributed by atoms with Gasteiger partial charge in [-0.1, -0.05) is 95.9 Å². The standard InChI is InChI=1S/C52H42O4/c1-53-51-21-11-9-19-47(51)33-31-45-17-7-5-15-43(45)29-23-41-25-35-49(36-26-41)55-39-13-3-4-14-40-56-50-37-27-42(28-38-50)24-30-44-16-6-8-18-46(44)32-34-48-20-10-12-22-52(48)54-2/h5-12,15-22,25-28,35-38H,3-4,13-14,39-40H2,1-2H3. The van der Waals surface area contributed by atoms with Gasteiger partial charge in [-0.3, -0.25) is 0 Å². The van der Waals surface area contributed by atoms with Gasteiger partial charge in [0, 0.05) is 33.4 Å². The Labute approximate surface area is 331 Å². The van der Waals surface area contributed by atoms with Crippen LogP contribution in [0.5, 0.6) is 23.0 Å². The van der Waals surface area contributed by atoms with Gasteiger partial charge in [-0.25, -0.2) is 0 Å². The van der Waals surface area contributed by atoms with Gasteiger partial charge in [0.25, 0.3) is 0 Å². The molecule has 0 aliphatic carbocycles. The molecule has 4 nitrogen and oxygen atoms in total. The number of methoxy groups -OCH3 is 2. The average Bonchev–Trinajstić information content (AvgIpc) is 3.26. The molecule has 0 aliphatic heterocycles. The van der Waals surface area contributed by atoms with Gasteiger partial charge in [0.1, 0.15) is 23.0 Å². The van der Waals surface area contributed by atoms with Gasteiger partial charge < -0.3 is 18.9 Å². The lowest BCUT2D eigenvalue weighted by atomic mass is 10.1. The summed E-state index contributed by atoms with van der Waals surface area (Å²) >= 11 is 0.